The van der Waals surface area contributed by atoms with Gasteiger partial charge in [0.05, 0.1) is 0 Å². The minimum Gasteiger partial charge on any atom is -0.508 e. The summed E-state index contributed by atoms with van der Waals surface area (Å²) < 4.78 is 0. The molecule has 0 heterocycles. The smallest absolute Gasteiger partial charge is 0.221 e. The van der Waals surface area contributed by atoms with Crippen molar-refractivity contribution >= 4 is 34.8 Å². The summed E-state index contributed by atoms with van der Waals surface area (Å²) in [5.74, 6) is 0.343. The second-order valence-corrected chi connectivity index (χ2v) is 6.64. The molecule has 2 N–H and O–H groups in total. The molecule has 0 saturated carbocycles. The van der Waals surface area contributed by atoms with Crippen molar-refractivity contribution in [3.05, 3.63) is 57.1 Å². The molecule has 0 unspecified atom stereocenters. The Bertz CT molecular complexity index is 719. The van der Waals surface area contributed by atoms with E-state index in [1.54, 1.807) is 18.2 Å². The van der Waals surface area contributed by atoms with Crippen LogP contribution in [0, 0.1) is 0 Å². The molecule has 0 fully saturated rings. The second kappa shape index (κ2) is 7.24. The zero-order valence-electron chi connectivity index (χ0n) is 13.3. The van der Waals surface area contributed by atoms with E-state index in [4.69, 9.17) is 23.2 Å². The first-order valence-corrected chi connectivity index (χ1v) is 8.10. The SMILES string of the molecule is CC(=O)Nc1cc(Cl)c(Cc2ccc(O)c(C(C)C)c2)c(Cl)c1. The van der Waals surface area contributed by atoms with Gasteiger partial charge < -0.3 is 10.4 Å². The van der Waals surface area contributed by atoms with Gasteiger partial charge in [-0.15, -0.1) is 0 Å². The lowest BCUT2D eigenvalue weighted by Crippen LogP contribution is -2.06. The summed E-state index contributed by atoms with van der Waals surface area (Å²) in [6.07, 6.45) is 0.554. The number of carbonyl (C=O) groups excluding carboxylic acids is 1. The molecule has 0 atom stereocenters. The minimum absolute atomic E-state index is 0.176. The number of hydrogen-bond acceptors (Lipinski definition) is 2. The molecule has 0 spiro atoms. The van der Waals surface area contributed by atoms with Crippen molar-refractivity contribution in [2.24, 2.45) is 0 Å². The van der Waals surface area contributed by atoms with Crippen LogP contribution in [-0.4, -0.2) is 11.0 Å². The first-order valence-electron chi connectivity index (χ1n) is 7.35. The summed E-state index contributed by atoms with van der Waals surface area (Å²) in [7, 11) is 0. The van der Waals surface area contributed by atoms with E-state index >= 15 is 0 Å². The Balaban J connectivity index is 2.33. The van der Waals surface area contributed by atoms with E-state index in [1.165, 1.54) is 6.92 Å². The van der Waals surface area contributed by atoms with Gasteiger partial charge in [-0.2, -0.15) is 0 Å². The highest BCUT2D eigenvalue weighted by Gasteiger charge is 2.12. The Kier molecular flexibility index (Phi) is 5.55. The van der Waals surface area contributed by atoms with Gasteiger partial charge in [0.1, 0.15) is 5.75 Å². The Morgan fingerprint density at radius 2 is 1.78 bits per heavy atom. The van der Waals surface area contributed by atoms with Crippen LogP contribution >= 0.6 is 23.2 Å². The van der Waals surface area contributed by atoms with Crippen LogP contribution in [-0.2, 0) is 11.2 Å². The number of halogens is 2. The molecule has 0 saturated heterocycles. The van der Waals surface area contributed by atoms with Crippen LogP contribution < -0.4 is 5.32 Å². The van der Waals surface area contributed by atoms with Gasteiger partial charge in [0.15, 0.2) is 0 Å². The van der Waals surface area contributed by atoms with Crippen molar-refractivity contribution in [2.45, 2.75) is 33.1 Å². The van der Waals surface area contributed by atoms with Crippen molar-refractivity contribution in [3.8, 4) is 5.75 Å². The number of aromatic hydroxyl groups is 1. The second-order valence-electron chi connectivity index (χ2n) is 5.82. The number of rotatable bonds is 4. The summed E-state index contributed by atoms with van der Waals surface area (Å²) in [4.78, 5) is 11.1. The van der Waals surface area contributed by atoms with E-state index in [2.05, 4.69) is 5.32 Å². The van der Waals surface area contributed by atoms with Crippen LogP contribution in [0.3, 0.4) is 0 Å². The number of carbonyl (C=O) groups is 1. The predicted molar refractivity (Wildman–Crippen MR) is 95.8 cm³/mol. The van der Waals surface area contributed by atoms with Gasteiger partial charge in [0.2, 0.25) is 5.91 Å². The molecule has 0 radical (unpaired) electrons. The third kappa shape index (κ3) is 4.40. The Morgan fingerprint density at radius 1 is 1.17 bits per heavy atom. The van der Waals surface area contributed by atoms with E-state index < -0.39 is 0 Å². The number of anilines is 1. The Hall–Kier alpha value is -1.71. The van der Waals surface area contributed by atoms with E-state index in [-0.39, 0.29) is 11.8 Å². The van der Waals surface area contributed by atoms with E-state index in [0.717, 1.165) is 16.7 Å². The van der Waals surface area contributed by atoms with Gasteiger partial charge in [0.25, 0.3) is 0 Å². The van der Waals surface area contributed by atoms with E-state index in [9.17, 15) is 9.90 Å². The van der Waals surface area contributed by atoms with Crippen molar-refractivity contribution in [2.75, 3.05) is 5.32 Å². The van der Waals surface area contributed by atoms with E-state index in [1.807, 2.05) is 26.0 Å². The molecule has 2 aromatic carbocycles. The summed E-state index contributed by atoms with van der Waals surface area (Å²) in [6, 6.07) is 8.89. The molecule has 2 aromatic rings. The lowest BCUT2D eigenvalue weighted by molar-refractivity contribution is -0.114. The monoisotopic (exact) mass is 351 g/mol. The molecule has 0 aromatic heterocycles. The first-order chi connectivity index (χ1) is 10.8. The number of phenols is 1. The summed E-state index contributed by atoms with van der Waals surface area (Å²) >= 11 is 12.6. The molecule has 0 aliphatic heterocycles. The average Bonchev–Trinajstić information content (AvgIpc) is 2.43. The fraction of sp³-hybridized carbons (Fsp3) is 0.278. The molecule has 0 aliphatic carbocycles. The summed E-state index contributed by atoms with van der Waals surface area (Å²) in [6.45, 7) is 5.49. The maximum absolute atomic E-state index is 11.1. The van der Waals surface area contributed by atoms with Crippen LogP contribution in [0.1, 0.15) is 43.4 Å². The highest BCUT2D eigenvalue weighted by molar-refractivity contribution is 6.36. The zero-order chi connectivity index (χ0) is 17.1. The quantitative estimate of drug-likeness (QED) is 0.777. The summed E-state index contributed by atoms with van der Waals surface area (Å²) in [5, 5.41) is 13.6. The topological polar surface area (TPSA) is 49.3 Å². The molecule has 5 heteroatoms. The molecule has 0 aliphatic rings. The van der Waals surface area contributed by atoms with Gasteiger partial charge in [-0.1, -0.05) is 49.2 Å². The number of nitrogens with one attached hydrogen (secondary N) is 1. The molecule has 1 amide bonds. The highest BCUT2D eigenvalue weighted by Crippen LogP contribution is 2.33. The number of phenolic OH excluding ortho intramolecular Hbond substituents is 1. The largest absolute Gasteiger partial charge is 0.508 e. The van der Waals surface area contributed by atoms with Crippen LogP contribution in [0.25, 0.3) is 0 Å². The fourth-order valence-electron chi connectivity index (χ4n) is 2.43. The number of amides is 1. The fourth-order valence-corrected chi connectivity index (χ4v) is 3.05. The van der Waals surface area contributed by atoms with Crippen LogP contribution in [0.2, 0.25) is 10.0 Å². The lowest BCUT2D eigenvalue weighted by Gasteiger charge is -2.13. The normalized spacial score (nSPS) is 10.9. The van der Waals surface area contributed by atoms with Gasteiger partial charge >= 0.3 is 0 Å². The van der Waals surface area contributed by atoms with Crippen LogP contribution in [0.4, 0.5) is 5.69 Å². The molecule has 122 valence electrons. The first kappa shape index (κ1) is 17.6. The third-order valence-electron chi connectivity index (χ3n) is 3.56. The van der Waals surface area contributed by atoms with Crippen molar-refractivity contribution < 1.29 is 9.90 Å². The number of hydrogen-bond donors (Lipinski definition) is 2. The van der Waals surface area contributed by atoms with Crippen LogP contribution in [0.5, 0.6) is 5.75 Å². The highest BCUT2D eigenvalue weighted by atomic mass is 35.5. The van der Waals surface area contributed by atoms with Crippen molar-refractivity contribution in [3.63, 3.8) is 0 Å². The zero-order valence-corrected chi connectivity index (χ0v) is 14.8. The maximum Gasteiger partial charge on any atom is 0.221 e. The van der Waals surface area contributed by atoms with Crippen molar-refractivity contribution in [1.82, 2.24) is 0 Å². The maximum atomic E-state index is 11.1. The van der Waals surface area contributed by atoms with Gasteiger partial charge in [-0.05, 0) is 40.8 Å². The molecule has 2 rings (SSSR count). The van der Waals surface area contributed by atoms with Crippen molar-refractivity contribution in [1.29, 1.82) is 0 Å². The Labute approximate surface area is 146 Å². The minimum atomic E-state index is -0.176. The van der Waals surface area contributed by atoms with Gasteiger partial charge in [-0.25, -0.2) is 0 Å². The third-order valence-corrected chi connectivity index (χ3v) is 4.23. The summed E-state index contributed by atoms with van der Waals surface area (Å²) in [5.41, 5.74) is 3.28. The van der Waals surface area contributed by atoms with Crippen LogP contribution in [0.15, 0.2) is 30.3 Å². The average molecular weight is 352 g/mol. The molecule has 0 bridgehead atoms. The standard InChI is InChI=1S/C18H19Cl2NO2/c1-10(2)14-6-12(4-5-18(14)23)7-15-16(19)8-13(9-17(15)20)21-11(3)22/h4-6,8-10,23H,7H2,1-3H3,(H,21,22). The molecular weight excluding hydrogens is 333 g/mol. The predicted octanol–water partition coefficient (Wildman–Crippen LogP) is 5.37. The Morgan fingerprint density at radius 3 is 2.30 bits per heavy atom. The molecule has 3 nitrogen and oxygen atoms in total. The number of benzene rings is 2. The van der Waals surface area contributed by atoms with Gasteiger partial charge in [-0.3, -0.25) is 4.79 Å². The van der Waals surface area contributed by atoms with E-state index in [0.29, 0.717) is 27.9 Å². The molecular formula is C18H19Cl2NO2. The van der Waals surface area contributed by atoms with Gasteiger partial charge in [0, 0.05) is 29.1 Å². The molecule has 23 heavy (non-hydrogen) atoms. The lowest BCUT2D eigenvalue weighted by atomic mass is 9.96.